The normalized spacial score (nSPS) is 16.4. The molecular weight excluding hydrogens is 352 g/mol. The molecule has 0 aromatic heterocycles. The van der Waals surface area contributed by atoms with Crippen LogP contribution in [-0.4, -0.2) is 44.0 Å². The van der Waals surface area contributed by atoms with Gasteiger partial charge in [0, 0.05) is 26.1 Å². The number of likely N-dealkylation sites (N-methyl/N-ethyl adjacent to an activating group) is 1. The van der Waals surface area contributed by atoms with Crippen molar-refractivity contribution in [1.29, 1.82) is 0 Å². The molecule has 1 aliphatic heterocycles. The summed E-state index contributed by atoms with van der Waals surface area (Å²) in [7, 11) is 2.00. The van der Waals surface area contributed by atoms with Crippen LogP contribution in [0.25, 0.3) is 0 Å². The molecule has 2 rings (SSSR count). The van der Waals surface area contributed by atoms with Crippen LogP contribution in [-0.2, 0) is 11.3 Å². The van der Waals surface area contributed by atoms with Gasteiger partial charge >= 0.3 is 0 Å². The minimum atomic E-state index is -0.212. The Hall–Kier alpha value is -0.880. The number of halogens is 3. The van der Waals surface area contributed by atoms with Crippen LogP contribution in [0, 0.1) is 11.7 Å². The van der Waals surface area contributed by atoms with E-state index in [1.54, 1.807) is 12.1 Å². The molecule has 2 N–H and O–H groups in total. The topological polar surface area (TPSA) is 44.4 Å². The lowest BCUT2D eigenvalue weighted by molar-refractivity contribution is -0.121. The fourth-order valence-corrected chi connectivity index (χ4v) is 2.75. The highest BCUT2D eigenvalue weighted by molar-refractivity contribution is 5.85. The average molecular weight is 380 g/mol. The van der Waals surface area contributed by atoms with Crippen LogP contribution in [0.3, 0.4) is 0 Å². The summed E-state index contributed by atoms with van der Waals surface area (Å²) in [5.74, 6) is 0.588. The molecule has 7 heteroatoms. The van der Waals surface area contributed by atoms with Crippen molar-refractivity contribution >= 4 is 30.7 Å². The molecule has 0 radical (unpaired) electrons. The molecule has 1 amide bonds. The van der Waals surface area contributed by atoms with Gasteiger partial charge in [0.2, 0.25) is 5.91 Å². The monoisotopic (exact) mass is 379 g/mol. The molecule has 1 fully saturated rings. The van der Waals surface area contributed by atoms with Crippen LogP contribution in [0.4, 0.5) is 4.39 Å². The summed E-state index contributed by atoms with van der Waals surface area (Å²) in [5.41, 5.74) is 1.07. The molecule has 4 nitrogen and oxygen atoms in total. The van der Waals surface area contributed by atoms with E-state index in [1.807, 2.05) is 7.05 Å². The van der Waals surface area contributed by atoms with Gasteiger partial charge in [-0.25, -0.2) is 4.39 Å². The Bertz CT molecular complexity index is 467. The highest BCUT2D eigenvalue weighted by atomic mass is 35.5. The maximum absolute atomic E-state index is 12.8. The van der Waals surface area contributed by atoms with Crippen molar-refractivity contribution in [3.8, 4) is 0 Å². The molecule has 0 bridgehead atoms. The van der Waals surface area contributed by atoms with Crippen LogP contribution in [0.2, 0.25) is 0 Å². The lowest BCUT2D eigenvalue weighted by Gasteiger charge is -2.17. The Morgan fingerprint density at radius 2 is 2.04 bits per heavy atom. The van der Waals surface area contributed by atoms with Crippen LogP contribution in [0.5, 0.6) is 0 Å². The van der Waals surface area contributed by atoms with Crippen LogP contribution in [0.1, 0.15) is 24.8 Å². The Morgan fingerprint density at radius 1 is 1.33 bits per heavy atom. The van der Waals surface area contributed by atoms with Crippen molar-refractivity contribution in [2.75, 3.05) is 33.2 Å². The summed E-state index contributed by atoms with van der Waals surface area (Å²) in [5, 5.41) is 6.29. The van der Waals surface area contributed by atoms with Gasteiger partial charge in [-0.3, -0.25) is 4.79 Å². The number of hydrogen-bond acceptors (Lipinski definition) is 3. The van der Waals surface area contributed by atoms with Gasteiger partial charge in [-0.05, 0) is 56.6 Å². The van der Waals surface area contributed by atoms with Crippen LogP contribution < -0.4 is 10.6 Å². The van der Waals surface area contributed by atoms with E-state index in [-0.39, 0.29) is 36.5 Å². The van der Waals surface area contributed by atoms with E-state index in [9.17, 15) is 9.18 Å². The molecule has 0 saturated carbocycles. The maximum Gasteiger partial charge on any atom is 0.220 e. The van der Waals surface area contributed by atoms with E-state index in [2.05, 4.69) is 15.5 Å². The molecule has 0 spiro atoms. The van der Waals surface area contributed by atoms with E-state index in [1.165, 1.54) is 18.6 Å². The molecule has 1 unspecified atom stereocenters. The summed E-state index contributed by atoms with van der Waals surface area (Å²) < 4.78 is 12.8. The van der Waals surface area contributed by atoms with Crippen molar-refractivity contribution in [3.63, 3.8) is 0 Å². The zero-order valence-corrected chi connectivity index (χ0v) is 15.7. The van der Waals surface area contributed by atoms with Crippen molar-refractivity contribution in [3.05, 3.63) is 35.6 Å². The van der Waals surface area contributed by atoms with E-state index < -0.39 is 0 Å². The van der Waals surface area contributed by atoms with Gasteiger partial charge in [0.15, 0.2) is 0 Å². The van der Waals surface area contributed by atoms with Crippen LogP contribution in [0.15, 0.2) is 24.3 Å². The molecule has 1 aromatic carbocycles. The summed E-state index contributed by atoms with van der Waals surface area (Å²) in [6.07, 6.45) is 2.78. The first-order chi connectivity index (χ1) is 10.6. The molecule has 1 aromatic rings. The van der Waals surface area contributed by atoms with Crippen molar-refractivity contribution in [2.45, 2.75) is 25.8 Å². The summed E-state index contributed by atoms with van der Waals surface area (Å²) in [6.45, 7) is 4.32. The predicted molar refractivity (Wildman–Crippen MR) is 100 cm³/mol. The van der Waals surface area contributed by atoms with Crippen molar-refractivity contribution in [2.24, 2.45) is 5.92 Å². The first-order valence-corrected chi connectivity index (χ1v) is 8.04. The molecule has 0 aliphatic carbocycles. The second kappa shape index (κ2) is 12.5. The van der Waals surface area contributed by atoms with Gasteiger partial charge in [0.05, 0.1) is 0 Å². The van der Waals surface area contributed by atoms with Gasteiger partial charge in [0.1, 0.15) is 5.82 Å². The Kier molecular flexibility index (Phi) is 12.0. The molecule has 24 heavy (non-hydrogen) atoms. The number of nitrogens with zero attached hydrogens (tertiary/aromatic N) is 1. The SMILES string of the molecule is CN(CCNC(=O)CCC1CCNC1)Cc1ccc(F)cc1.Cl.Cl. The summed E-state index contributed by atoms with van der Waals surface area (Å²) in [4.78, 5) is 13.9. The smallest absolute Gasteiger partial charge is 0.220 e. The summed E-state index contributed by atoms with van der Waals surface area (Å²) >= 11 is 0. The highest BCUT2D eigenvalue weighted by Crippen LogP contribution is 2.13. The fourth-order valence-electron chi connectivity index (χ4n) is 2.75. The van der Waals surface area contributed by atoms with E-state index in [0.29, 0.717) is 18.9 Å². The lowest BCUT2D eigenvalue weighted by atomic mass is 10.0. The Balaban J connectivity index is 0.00000264. The first kappa shape index (κ1) is 23.1. The third kappa shape index (κ3) is 8.83. The third-order valence-corrected chi connectivity index (χ3v) is 4.12. The van der Waals surface area contributed by atoms with E-state index in [4.69, 9.17) is 0 Å². The molecule has 138 valence electrons. The minimum Gasteiger partial charge on any atom is -0.355 e. The first-order valence-electron chi connectivity index (χ1n) is 8.04. The standard InChI is InChI=1S/C17H26FN3O.2ClH/c1-21(13-15-2-5-16(18)6-3-15)11-10-20-17(22)7-4-14-8-9-19-12-14;;/h2-3,5-6,14,19H,4,7-13H2,1H3,(H,20,22);2*1H. The van der Waals surface area contributed by atoms with E-state index >= 15 is 0 Å². The molecular formula is C17H28Cl2FN3O. The van der Waals surface area contributed by atoms with E-state index in [0.717, 1.165) is 38.2 Å². The molecule has 1 heterocycles. The van der Waals surface area contributed by atoms with Gasteiger partial charge in [0.25, 0.3) is 0 Å². The predicted octanol–water partition coefficient (Wildman–Crippen LogP) is 2.61. The second-order valence-corrected chi connectivity index (χ2v) is 6.11. The minimum absolute atomic E-state index is 0. The Morgan fingerprint density at radius 3 is 2.67 bits per heavy atom. The number of amides is 1. The molecule has 1 saturated heterocycles. The zero-order valence-electron chi connectivity index (χ0n) is 14.1. The number of benzene rings is 1. The quantitative estimate of drug-likeness (QED) is 0.729. The van der Waals surface area contributed by atoms with Crippen molar-refractivity contribution < 1.29 is 9.18 Å². The third-order valence-electron chi connectivity index (χ3n) is 4.12. The van der Waals surface area contributed by atoms with Crippen molar-refractivity contribution in [1.82, 2.24) is 15.5 Å². The number of rotatable bonds is 8. The summed E-state index contributed by atoms with van der Waals surface area (Å²) in [6, 6.07) is 6.53. The average Bonchev–Trinajstić information content (AvgIpc) is 3.01. The van der Waals surface area contributed by atoms with Crippen LogP contribution >= 0.6 is 24.8 Å². The Labute approximate surface area is 156 Å². The highest BCUT2D eigenvalue weighted by Gasteiger charge is 2.15. The van der Waals surface area contributed by atoms with Gasteiger partial charge in [-0.15, -0.1) is 24.8 Å². The molecule has 1 aliphatic rings. The number of carbonyl (C=O) groups is 1. The van der Waals surface area contributed by atoms with Gasteiger partial charge in [-0.2, -0.15) is 0 Å². The number of hydrogen-bond donors (Lipinski definition) is 2. The van der Waals surface area contributed by atoms with Gasteiger partial charge in [-0.1, -0.05) is 12.1 Å². The second-order valence-electron chi connectivity index (χ2n) is 6.11. The molecule has 1 atom stereocenters. The maximum atomic E-state index is 12.8. The zero-order chi connectivity index (χ0) is 15.8. The fraction of sp³-hybridized carbons (Fsp3) is 0.588. The largest absolute Gasteiger partial charge is 0.355 e. The van der Waals surface area contributed by atoms with Gasteiger partial charge < -0.3 is 15.5 Å². The lowest BCUT2D eigenvalue weighted by Crippen LogP contribution is -2.32. The number of nitrogens with one attached hydrogen (secondary N) is 2. The number of carbonyl (C=O) groups excluding carboxylic acids is 1.